The quantitative estimate of drug-likeness (QED) is 0.434. The summed E-state index contributed by atoms with van der Waals surface area (Å²) in [5, 5.41) is 1.14. The van der Waals surface area contributed by atoms with Gasteiger partial charge in [0, 0.05) is 12.1 Å². The lowest BCUT2D eigenvalue weighted by Gasteiger charge is -2.08. The third-order valence-corrected chi connectivity index (χ3v) is 5.36. The van der Waals surface area contributed by atoms with Gasteiger partial charge in [-0.25, -0.2) is 15.0 Å². The Morgan fingerprint density at radius 3 is 2.47 bits per heavy atom. The highest BCUT2D eigenvalue weighted by molar-refractivity contribution is 6.30. The van der Waals surface area contributed by atoms with Crippen LogP contribution in [0.2, 0.25) is 5.02 Å². The van der Waals surface area contributed by atoms with E-state index in [2.05, 4.69) is 4.98 Å². The van der Waals surface area contributed by atoms with E-state index >= 15 is 0 Å². The molecule has 0 atom stereocenters. The van der Waals surface area contributed by atoms with Crippen LogP contribution in [0.3, 0.4) is 0 Å². The molecule has 5 aromatic rings. The van der Waals surface area contributed by atoms with Crippen LogP contribution >= 0.6 is 11.6 Å². The molecule has 0 saturated carbocycles. The lowest BCUT2D eigenvalue weighted by Crippen LogP contribution is -2.22. The fourth-order valence-electron chi connectivity index (χ4n) is 3.61. The number of para-hydroxylation sites is 2. The number of ether oxygens (including phenoxy) is 1. The molecule has 0 spiro atoms. The molecular formula is C22H18ClN5O2. The minimum Gasteiger partial charge on any atom is -0.383 e. The fraction of sp³-hybridized carbons (Fsp3) is 0.182. The van der Waals surface area contributed by atoms with E-state index in [-0.39, 0.29) is 5.56 Å². The molecular weight excluding hydrogens is 402 g/mol. The van der Waals surface area contributed by atoms with Gasteiger partial charge in [0.05, 0.1) is 37.1 Å². The minimum absolute atomic E-state index is 0.151. The van der Waals surface area contributed by atoms with Gasteiger partial charge in [0.1, 0.15) is 10.9 Å². The first-order valence-electron chi connectivity index (χ1n) is 9.53. The number of nitrogens with zero attached hydrogens (tertiary/aromatic N) is 5. The largest absolute Gasteiger partial charge is 0.383 e. The number of hydrogen-bond donors (Lipinski definition) is 0. The topological polar surface area (TPSA) is 74.8 Å². The average Bonchev–Trinajstić information content (AvgIpc) is 3.06. The molecule has 0 fully saturated rings. The van der Waals surface area contributed by atoms with Crippen molar-refractivity contribution in [2.24, 2.45) is 0 Å². The maximum Gasteiger partial charge on any atom is 0.265 e. The van der Waals surface area contributed by atoms with Crippen molar-refractivity contribution in [2.75, 3.05) is 13.7 Å². The van der Waals surface area contributed by atoms with Gasteiger partial charge in [-0.15, -0.1) is 0 Å². The van der Waals surface area contributed by atoms with Crippen LogP contribution in [0.4, 0.5) is 0 Å². The molecule has 30 heavy (non-hydrogen) atoms. The van der Waals surface area contributed by atoms with Gasteiger partial charge in [0.2, 0.25) is 0 Å². The maximum absolute atomic E-state index is 13.3. The Kier molecular flexibility index (Phi) is 4.69. The zero-order valence-corrected chi connectivity index (χ0v) is 17.0. The summed E-state index contributed by atoms with van der Waals surface area (Å²) in [5.74, 6) is 0. The van der Waals surface area contributed by atoms with Crippen molar-refractivity contribution in [3.63, 3.8) is 0 Å². The summed E-state index contributed by atoms with van der Waals surface area (Å²) in [6.45, 7) is 1.34. The highest BCUT2D eigenvalue weighted by atomic mass is 35.5. The third kappa shape index (κ3) is 3.12. The van der Waals surface area contributed by atoms with E-state index in [1.165, 1.54) is 0 Å². The number of benzene rings is 2. The minimum atomic E-state index is -0.151. The Balaban J connectivity index is 1.81. The van der Waals surface area contributed by atoms with Crippen LogP contribution in [0.25, 0.3) is 33.2 Å². The lowest BCUT2D eigenvalue weighted by molar-refractivity contribution is 0.186. The summed E-state index contributed by atoms with van der Waals surface area (Å²) >= 11 is 6.03. The Labute approximate surface area is 176 Å². The van der Waals surface area contributed by atoms with Crippen molar-refractivity contribution in [2.45, 2.75) is 13.1 Å². The van der Waals surface area contributed by atoms with E-state index in [4.69, 9.17) is 26.3 Å². The molecule has 0 unspecified atom stereocenters. The van der Waals surface area contributed by atoms with Crippen LogP contribution in [0.1, 0.15) is 5.56 Å². The Hall–Kier alpha value is -3.29. The van der Waals surface area contributed by atoms with E-state index in [0.717, 1.165) is 16.6 Å². The molecule has 5 rings (SSSR count). The highest BCUT2D eigenvalue weighted by Crippen LogP contribution is 2.26. The zero-order valence-electron chi connectivity index (χ0n) is 16.2. The average molecular weight is 420 g/mol. The first-order valence-corrected chi connectivity index (χ1v) is 9.91. The number of aromatic nitrogens is 5. The van der Waals surface area contributed by atoms with Crippen molar-refractivity contribution in [1.29, 1.82) is 0 Å². The molecule has 0 saturated heterocycles. The molecule has 150 valence electrons. The second-order valence-electron chi connectivity index (χ2n) is 7.03. The molecule has 3 heterocycles. The summed E-state index contributed by atoms with van der Waals surface area (Å²) in [5.41, 5.74) is 4.13. The van der Waals surface area contributed by atoms with Crippen LogP contribution in [0.15, 0.2) is 59.7 Å². The molecule has 3 aromatic heterocycles. The van der Waals surface area contributed by atoms with Crippen LogP contribution < -0.4 is 5.56 Å². The number of halogens is 1. The molecule has 0 aliphatic rings. The normalized spacial score (nSPS) is 11.7. The Bertz CT molecular complexity index is 1440. The SMILES string of the molecule is COCCn1cnc2c(c1=O)c1nc3ccccc3nc1n2Cc1ccc(Cl)cc1. The Morgan fingerprint density at radius 2 is 1.73 bits per heavy atom. The predicted molar refractivity (Wildman–Crippen MR) is 117 cm³/mol. The van der Waals surface area contributed by atoms with Gasteiger partial charge in [0.25, 0.3) is 5.56 Å². The van der Waals surface area contributed by atoms with Crippen molar-refractivity contribution >= 4 is 44.8 Å². The smallest absolute Gasteiger partial charge is 0.265 e. The van der Waals surface area contributed by atoms with Gasteiger partial charge < -0.3 is 9.30 Å². The van der Waals surface area contributed by atoms with Crippen molar-refractivity contribution in [3.05, 3.63) is 75.8 Å². The third-order valence-electron chi connectivity index (χ3n) is 5.11. The summed E-state index contributed by atoms with van der Waals surface area (Å²) in [7, 11) is 1.60. The van der Waals surface area contributed by atoms with Gasteiger partial charge in [-0.3, -0.25) is 9.36 Å². The first-order chi connectivity index (χ1) is 14.7. The highest BCUT2D eigenvalue weighted by Gasteiger charge is 2.20. The summed E-state index contributed by atoms with van der Waals surface area (Å²) in [6.07, 6.45) is 1.56. The van der Waals surface area contributed by atoms with Gasteiger partial charge in [0.15, 0.2) is 11.3 Å². The summed E-state index contributed by atoms with van der Waals surface area (Å²) < 4.78 is 8.61. The van der Waals surface area contributed by atoms with Crippen molar-refractivity contribution in [3.8, 4) is 0 Å². The molecule has 0 bridgehead atoms. The van der Waals surface area contributed by atoms with Crippen LogP contribution in [-0.4, -0.2) is 37.8 Å². The fourth-order valence-corrected chi connectivity index (χ4v) is 3.74. The molecule has 7 nitrogen and oxygen atoms in total. The first kappa shape index (κ1) is 18.7. The molecule has 2 aromatic carbocycles. The van der Waals surface area contributed by atoms with Crippen LogP contribution in [0, 0.1) is 0 Å². The van der Waals surface area contributed by atoms with E-state index in [9.17, 15) is 4.79 Å². The molecule has 0 radical (unpaired) electrons. The molecule has 0 aliphatic carbocycles. The Morgan fingerprint density at radius 1 is 1.00 bits per heavy atom. The lowest BCUT2D eigenvalue weighted by atomic mass is 10.2. The van der Waals surface area contributed by atoms with E-state index in [1.807, 2.05) is 53.1 Å². The van der Waals surface area contributed by atoms with Crippen molar-refractivity contribution < 1.29 is 4.74 Å². The maximum atomic E-state index is 13.3. The number of fused-ring (bicyclic) bond motifs is 4. The monoisotopic (exact) mass is 419 g/mol. The second kappa shape index (κ2) is 7.51. The van der Waals surface area contributed by atoms with Gasteiger partial charge in [-0.05, 0) is 29.8 Å². The van der Waals surface area contributed by atoms with E-state index in [1.54, 1.807) is 18.0 Å². The van der Waals surface area contributed by atoms with Crippen molar-refractivity contribution in [1.82, 2.24) is 24.1 Å². The summed E-state index contributed by atoms with van der Waals surface area (Å²) in [4.78, 5) is 27.5. The van der Waals surface area contributed by atoms with E-state index in [0.29, 0.717) is 46.9 Å². The number of methoxy groups -OCH3 is 1. The number of hydrogen-bond acceptors (Lipinski definition) is 5. The molecule has 0 aliphatic heterocycles. The predicted octanol–water partition coefficient (Wildman–Crippen LogP) is 3.64. The summed E-state index contributed by atoms with van der Waals surface area (Å²) in [6, 6.07) is 15.2. The van der Waals surface area contributed by atoms with Crippen LogP contribution in [0.5, 0.6) is 0 Å². The standard InChI is InChI=1S/C22H18ClN5O2/c1-30-11-10-27-13-24-20-18(22(27)29)19-21(26-17-5-3-2-4-16(17)25-19)28(20)12-14-6-8-15(23)9-7-14/h2-9,13H,10-12H2,1H3. The number of rotatable bonds is 5. The van der Waals surface area contributed by atoms with Gasteiger partial charge >= 0.3 is 0 Å². The van der Waals surface area contributed by atoms with Gasteiger partial charge in [-0.1, -0.05) is 35.9 Å². The molecule has 0 amide bonds. The van der Waals surface area contributed by atoms with Gasteiger partial charge in [-0.2, -0.15) is 0 Å². The zero-order chi connectivity index (χ0) is 20.7. The van der Waals surface area contributed by atoms with Crippen LogP contribution in [-0.2, 0) is 17.8 Å². The van der Waals surface area contributed by atoms with E-state index < -0.39 is 0 Å². The second-order valence-corrected chi connectivity index (χ2v) is 7.47. The molecule has 8 heteroatoms. The molecule has 0 N–H and O–H groups in total.